The molecule has 1 atom stereocenters. The van der Waals surface area contributed by atoms with E-state index in [9.17, 15) is 0 Å². The molecule has 1 aliphatic heterocycles. The van der Waals surface area contributed by atoms with E-state index in [1.54, 1.807) is 0 Å². The van der Waals surface area contributed by atoms with Crippen molar-refractivity contribution in [1.29, 1.82) is 0 Å². The van der Waals surface area contributed by atoms with E-state index in [2.05, 4.69) is 52.8 Å². The molecule has 5 heteroatoms. The van der Waals surface area contributed by atoms with Crippen molar-refractivity contribution in [1.82, 2.24) is 20.2 Å². The first-order chi connectivity index (χ1) is 10.1. The van der Waals surface area contributed by atoms with Crippen molar-refractivity contribution in [3.8, 4) is 0 Å². The Kier molecular flexibility index (Phi) is 5.94. The number of aromatic nitrogens is 2. The van der Waals surface area contributed by atoms with Gasteiger partial charge in [-0.15, -0.1) is 0 Å². The van der Waals surface area contributed by atoms with Gasteiger partial charge in [-0.1, -0.05) is 20.8 Å². The Morgan fingerprint density at radius 3 is 2.24 bits per heavy atom. The lowest BCUT2D eigenvalue weighted by atomic mass is 10.2. The van der Waals surface area contributed by atoms with Crippen LogP contribution in [-0.2, 0) is 6.54 Å². The molecule has 1 unspecified atom stereocenters. The molecule has 118 valence electrons. The first-order valence-electron chi connectivity index (χ1n) is 8.13. The van der Waals surface area contributed by atoms with E-state index in [4.69, 9.17) is 0 Å². The Morgan fingerprint density at radius 1 is 1.10 bits per heavy atom. The summed E-state index contributed by atoms with van der Waals surface area (Å²) in [5.41, 5.74) is 1.14. The summed E-state index contributed by atoms with van der Waals surface area (Å²) in [5, 5.41) is 3.39. The maximum absolute atomic E-state index is 4.53. The number of rotatable bonds is 6. The Morgan fingerprint density at radius 2 is 1.71 bits per heavy atom. The summed E-state index contributed by atoms with van der Waals surface area (Å²) < 4.78 is 0. The first kappa shape index (κ1) is 16.2. The zero-order chi connectivity index (χ0) is 15.2. The summed E-state index contributed by atoms with van der Waals surface area (Å²) in [6.45, 7) is 13.9. The molecule has 0 amide bonds. The lowest BCUT2D eigenvalue weighted by Gasteiger charge is -2.37. The van der Waals surface area contributed by atoms with Crippen LogP contribution in [0.3, 0.4) is 0 Å². The van der Waals surface area contributed by atoms with Crippen LogP contribution in [-0.4, -0.2) is 53.1 Å². The van der Waals surface area contributed by atoms with Crippen molar-refractivity contribution in [3.63, 3.8) is 0 Å². The van der Waals surface area contributed by atoms with E-state index in [0.29, 0.717) is 12.1 Å². The van der Waals surface area contributed by atoms with Crippen LogP contribution in [0.2, 0.25) is 0 Å². The Bertz CT molecular complexity index is 409. The standard InChI is InChI=1S/C16H29N5/c1-5-14(4)20-6-8-21(9-7-20)16-18-11-15(12-19-16)10-17-13(2)3/h11-14,17H,5-10H2,1-4H3. The molecular weight excluding hydrogens is 262 g/mol. The van der Waals surface area contributed by atoms with Gasteiger partial charge in [0.15, 0.2) is 0 Å². The third kappa shape index (κ3) is 4.64. The zero-order valence-corrected chi connectivity index (χ0v) is 13.8. The molecule has 21 heavy (non-hydrogen) atoms. The van der Waals surface area contributed by atoms with E-state index in [-0.39, 0.29) is 0 Å². The number of nitrogens with one attached hydrogen (secondary N) is 1. The number of anilines is 1. The summed E-state index contributed by atoms with van der Waals surface area (Å²) in [4.78, 5) is 13.9. The normalized spacial score (nSPS) is 18.2. The Hall–Kier alpha value is -1.20. The number of hydrogen-bond donors (Lipinski definition) is 1. The Labute approximate surface area is 128 Å². The molecule has 0 spiro atoms. The van der Waals surface area contributed by atoms with E-state index in [1.807, 2.05) is 12.4 Å². The number of hydrogen-bond acceptors (Lipinski definition) is 5. The lowest BCUT2D eigenvalue weighted by molar-refractivity contribution is 0.192. The minimum atomic E-state index is 0.485. The van der Waals surface area contributed by atoms with E-state index in [1.165, 1.54) is 6.42 Å². The Balaban J connectivity index is 1.86. The maximum Gasteiger partial charge on any atom is 0.225 e. The average Bonchev–Trinajstić information content (AvgIpc) is 2.53. The largest absolute Gasteiger partial charge is 0.338 e. The molecule has 1 saturated heterocycles. The van der Waals surface area contributed by atoms with Crippen LogP contribution in [0, 0.1) is 0 Å². The molecule has 0 aliphatic carbocycles. The highest BCUT2D eigenvalue weighted by atomic mass is 15.3. The van der Waals surface area contributed by atoms with Crippen molar-refractivity contribution in [3.05, 3.63) is 18.0 Å². The molecule has 0 aromatic carbocycles. The summed E-state index contributed by atoms with van der Waals surface area (Å²) in [6.07, 6.45) is 5.10. The molecule has 0 saturated carbocycles. The SMILES string of the molecule is CCC(C)N1CCN(c2ncc(CNC(C)C)cn2)CC1. The quantitative estimate of drug-likeness (QED) is 0.867. The van der Waals surface area contributed by atoms with Crippen LogP contribution in [0.15, 0.2) is 12.4 Å². The molecule has 1 aliphatic rings. The maximum atomic E-state index is 4.53. The van der Waals surface area contributed by atoms with E-state index < -0.39 is 0 Å². The fraction of sp³-hybridized carbons (Fsp3) is 0.750. The van der Waals surface area contributed by atoms with Gasteiger partial charge in [0.2, 0.25) is 5.95 Å². The molecule has 1 fully saturated rings. The number of piperazine rings is 1. The van der Waals surface area contributed by atoms with Gasteiger partial charge in [-0.2, -0.15) is 0 Å². The fourth-order valence-corrected chi connectivity index (χ4v) is 2.55. The third-order valence-corrected chi connectivity index (χ3v) is 4.22. The van der Waals surface area contributed by atoms with Crippen LogP contribution >= 0.6 is 0 Å². The van der Waals surface area contributed by atoms with Crippen LogP contribution in [0.1, 0.15) is 39.7 Å². The topological polar surface area (TPSA) is 44.3 Å². The van der Waals surface area contributed by atoms with Crippen molar-refractivity contribution in [2.24, 2.45) is 0 Å². The number of nitrogens with zero attached hydrogens (tertiary/aromatic N) is 4. The van der Waals surface area contributed by atoms with E-state index >= 15 is 0 Å². The smallest absolute Gasteiger partial charge is 0.225 e. The monoisotopic (exact) mass is 291 g/mol. The predicted molar refractivity (Wildman–Crippen MR) is 87.5 cm³/mol. The van der Waals surface area contributed by atoms with Crippen LogP contribution in [0.25, 0.3) is 0 Å². The summed E-state index contributed by atoms with van der Waals surface area (Å²) >= 11 is 0. The summed E-state index contributed by atoms with van der Waals surface area (Å²) in [5.74, 6) is 0.868. The van der Waals surface area contributed by atoms with Gasteiger partial charge < -0.3 is 10.2 Å². The van der Waals surface area contributed by atoms with E-state index in [0.717, 1.165) is 44.2 Å². The van der Waals surface area contributed by atoms with Gasteiger partial charge in [-0.25, -0.2) is 9.97 Å². The predicted octanol–water partition coefficient (Wildman–Crippen LogP) is 1.90. The van der Waals surface area contributed by atoms with Gasteiger partial charge in [-0.05, 0) is 13.3 Å². The second kappa shape index (κ2) is 7.71. The highest BCUT2D eigenvalue weighted by molar-refractivity contribution is 5.30. The van der Waals surface area contributed by atoms with Crippen molar-refractivity contribution in [2.45, 2.75) is 52.7 Å². The summed E-state index contributed by atoms with van der Waals surface area (Å²) in [7, 11) is 0. The van der Waals surface area contributed by atoms with Gasteiger partial charge in [0.25, 0.3) is 0 Å². The van der Waals surface area contributed by atoms with Gasteiger partial charge in [0.05, 0.1) is 0 Å². The minimum Gasteiger partial charge on any atom is -0.338 e. The van der Waals surface area contributed by atoms with Gasteiger partial charge in [0.1, 0.15) is 0 Å². The minimum absolute atomic E-state index is 0.485. The molecule has 1 aromatic rings. The molecule has 2 heterocycles. The summed E-state index contributed by atoms with van der Waals surface area (Å²) in [6, 6.07) is 1.16. The molecule has 2 rings (SSSR count). The molecule has 0 bridgehead atoms. The highest BCUT2D eigenvalue weighted by Gasteiger charge is 2.21. The molecule has 0 radical (unpaired) electrons. The van der Waals surface area contributed by atoms with Crippen LogP contribution in [0.5, 0.6) is 0 Å². The molecular formula is C16H29N5. The third-order valence-electron chi connectivity index (χ3n) is 4.22. The molecule has 5 nitrogen and oxygen atoms in total. The average molecular weight is 291 g/mol. The van der Waals surface area contributed by atoms with Crippen molar-refractivity contribution >= 4 is 5.95 Å². The zero-order valence-electron chi connectivity index (χ0n) is 13.8. The fourth-order valence-electron chi connectivity index (χ4n) is 2.55. The second-order valence-electron chi connectivity index (χ2n) is 6.21. The highest BCUT2D eigenvalue weighted by Crippen LogP contribution is 2.13. The van der Waals surface area contributed by atoms with Crippen molar-refractivity contribution < 1.29 is 0 Å². The lowest BCUT2D eigenvalue weighted by Crippen LogP contribution is -2.50. The molecule has 1 N–H and O–H groups in total. The van der Waals surface area contributed by atoms with Crippen LogP contribution in [0.4, 0.5) is 5.95 Å². The van der Waals surface area contributed by atoms with Crippen molar-refractivity contribution in [2.75, 3.05) is 31.1 Å². The molecule has 1 aromatic heterocycles. The van der Waals surface area contributed by atoms with Crippen LogP contribution < -0.4 is 10.2 Å². The second-order valence-corrected chi connectivity index (χ2v) is 6.21. The first-order valence-corrected chi connectivity index (χ1v) is 8.13. The van der Waals surface area contributed by atoms with Gasteiger partial charge >= 0.3 is 0 Å². The van der Waals surface area contributed by atoms with Gasteiger partial charge in [-0.3, -0.25) is 4.90 Å². The van der Waals surface area contributed by atoms with Gasteiger partial charge in [0, 0.05) is 62.8 Å².